The second-order valence-electron chi connectivity index (χ2n) is 8.92. The molecule has 9 nitrogen and oxygen atoms in total. The topological polar surface area (TPSA) is 109 Å². The summed E-state index contributed by atoms with van der Waals surface area (Å²) in [6.07, 6.45) is 1.40. The van der Waals surface area contributed by atoms with Crippen molar-refractivity contribution in [3.63, 3.8) is 0 Å². The zero-order valence-corrected chi connectivity index (χ0v) is 20.4. The summed E-state index contributed by atoms with van der Waals surface area (Å²) in [6, 6.07) is 17.3. The minimum atomic E-state index is -0.701. The smallest absolute Gasteiger partial charge is 0.272 e. The van der Waals surface area contributed by atoms with E-state index in [9.17, 15) is 9.59 Å². The normalized spacial score (nSPS) is 14.2. The van der Waals surface area contributed by atoms with Crippen LogP contribution in [-0.4, -0.2) is 63.8 Å². The largest absolute Gasteiger partial charge is 0.369 e. The van der Waals surface area contributed by atoms with Gasteiger partial charge in [0.2, 0.25) is 0 Å². The van der Waals surface area contributed by atoms with E-state index in [1.54, 1.807) is 6.07 Å². The number of rotatable bonds is 6. The van der Waals surface area contributed by atoms with Crippen molar-refractivity contribution in [3.05, 3.63) is 77.9 Å². The Morgan fingerprint density at radius 2 is 1.78 bits per heavy atom. The van der Waals surface area contributed by atoms with Gasteiger partial charge in [0.05, 0.1) is 5.69 Å². The number of amides is 2. The Kier molecular flexibility index (Phi) is 6.39. The summed E-state index contributed by atoms with van der Waals surface area (Å²) in [4.78, 5) is 38.9. The first-order chi connectivity index (χ1) is 17.4. The maximum Gasteiger partial charge on any atom is 0.272 e. The first kappa shape index (κ1) is 23.5. The summed E-state index contributed by atoms with van der Waals surface area (Å²) in [5.74, 6) is -1.03. The van der Waals surface area contributed by atoms with E-state index in [-0.39, 0.29) is 17.2 Å². The minimum Gasteiger partial charge on any atom is -0.369 e. The molecular formula is C27H29N7O2. The lowest BCUT2D eigenvalue weighted by Gasteiger charge is -2.35. The number of piperazine rings is 1. The zero-order valence-electron chi connectivity index (χ0n) is 20.4. The molecule has 1 saturated heterocycles. The van der Waals surface area contributed by atoms with Crippen LogP contribution in [0.1, 0.15) is 33.5 Å². The summed E-state index contributed by atoms with van der Waals surface area (Å²) in [5.41, 5.74) is 10.3. The van der Waals surface area contributed by atoms with Crippen molar-refractivity contribution < 1.29 is 9.59 Å². The molecule has 184 valence electrons. The highest BCUT2D eigenvalue weighted by Gasteiger charge is 2.21. The van der Waals surface area contributed by atoms with Gasteiger partial charge in [0.1, 0.15) is 12.0 Å². The van der Waals surface area contributed by atoms with Crippen LogP contribution in [0.5, 0.6) is 0 Å². The molecule has 5 rings (SSSR count). The van der Waals surface area contributed by atoms with Gasteiger partial charge in [-0.05, 0) is 43.3 Å². The number of aromatic nitrogens is 3. The van der Waals surface area contributed by atoms with Gasteiger partial charge in [-0.2, -0.15) is 0 Å². The molecule has 2 aromatic carbocycles. The maximum atomic E-state index is 13.5. The Labute approximate surface area is 209 Å². The predicted octanol–water partition coefficient (Wildman–Crippen LogP) is 3.20. The number of nitrogens with one attached hydrogen (secondary N) is 1. The fourth-order valence-electron chi connectivity index (χ4n) is 4.57. The molecule has 3 N–H and O–H groups in total. The molecule has 3 heterocycles. The number of fused-ring (bicyclic) bond motifs is 1. The van der Waals surface area contributed by atoms with Crippen molar-refractivity contribution in [2.75, 3.05) is 42.9 Å². The molecule has 0 bridgehead atoms. The van der Waals surface area contributed by atoms with Crippen molar-refractivity contribution in [2.24, 2.45) is 5.73 Å². The Balaban J connectivity index is 1.45. The Hall–Kier alpha value is -4.24. The van der Waals surface area contributed by atoms with Gasteiger partial charge in [-0.15, -0.1) is 0 Å². The molecule has 9 heteroatoms. The number of nitrogens with zero attached hydrogens (tertiary/aromatic N) is 5. The van der Waals surface area contributed by atoms with Crippen molar-refractivity contribution in [1.29, 1.82) is 0 Å². The van der Waals surface area contributed by atoms with Crippen LogP contribution in [0.3, 0.4) is 0 Å². The fraction of sp³-hybridized carbons (Fsp3) is 0.259. The summed E-state index contributed by atoms with van der Waals surface area (Å²) in [6.45, 7) is 9.32. The molecule has 2 aromatic heterocycles. The van der Waals surface area contributed by atoms with Gasteiger partial charge in [-0.3, -0.25) is 14.0 Å². The summed E-state index contributed by atoms with van der Waals surface area (Å²) < 4.78 is 1.50. The second kappa shape index (κ2) is 9.79. The van der Waals surface area contributed by atoms with Crippen LogP contribution in [0.15, 0.2) is 60.9 Å². The van der Waals surface area contributed by atoms with Gasteiger partial charge < -0.3 is 20.9 Å². The number of nitrogens with two attached hydrogens (primary N) is 1. The first-order valence-corrected chi connectivity index (χ1v) is 12.1. The van der Waals surface area contributed by atoms with Crippen LogP contribution >= 0.6 is 0 Å². The summed E-state index contributed by atoms with van der Waals surface area (Å²) in [7, 11) is 0. The van der Waals surface area contributed by atoms with Crippen molar-refractivity contribution in [1.82, 2.24) is 19.3 Å². The molecule has 4 aromatic rings. The molecule has 1 aliphatic heterocycles. The van der Waals surface area contributed by atoms with E-state index < -0.39 is 5.91 Å². The van der Waals surface area contributed by atoms with Gasteiger partial charge in [-0.25, -0.2) is 9.97 Å². The average molecular weight is 484 g/mol. The van der Waals surface area contributed by atoms with Gasteiger partial charge >= 0.3 is 0 Å². The van der Waals surface area contributed by atoms with Crippen LogP contribution in [0.2, 0.25) is 0 Å². The van der Waals surface area contributed by atoms with Gasteiger partial charge in [0.15, 0.2) is 11.3 Å². The molecule has 0 spiro atoms. The first-order valence-electron chi connectivity index (χ1n) is 12.1. The quantitative estimate of drug-likeness (QED) is 0.436. The number of hydrogen-bond donors (Lipinski definition) is 2. The maximum absolute atomic E-state index is 13.5. The van der Waals surface area contributed by atoms with Gasteiger partial charge in [-0.1, -0.05) is 37.3 Å². The lowest BCUT2D eigenvalue weighted by atomic mass is 10.1. The molecule has 0 aliphatic carbocycles. The molecule has 2 amide bonds. The van der Waals surface area contributed by atoms with Crippen molar-refractivity contribution in [3.8, 4) is 11.3 Å². The number of imidazole rings is 1. The molecule has 0 radical (unpaired) electrons. The van der Waals surface area contributed by atoms with Crippen LogP contribution < -0.4 is 16.0 Å². The molecule has 0 atom stereocenters. The standard InChI is InChI=1S/C27H29N7O2/c1-3-32-11-13-33(14-12-32)20-9-10-21(18(2)15-20)31-27(36)23-16-22(19-7-5-4-6-8-19)30-26-24(25(28)35)29-17-34(23)26/h4-10,15-17H,3,11-14H2,1-2H3,(H2,28,35)(H,31,36). The average Bonchev–Trinajstić information content (AvgIpc) is 3.34. The highest BCUT2D eigenvalue weighted by Crippen LogP contribution is 2.26. The Bertz CT molecular complexity index is 1420. The minimum absolute atomic E-state index is 0.0190. The van der Waals surface area contributed by atoms with E-state index in [2.05, 4.69) is 38.1 Å². The number of aryl methyl sites for hydroxylation is 1. The number of hydrogen-bond acceptors (Lipinski definition) is 6. The molecule has 0 saturated carbocycles. The van der Waals surface area contributed by atoms with E-state index >= 15 is 0 Å². The van der Waals surface area contributed by atoms with Crippen LogP contribution in [0.25, 0.3) is 16.9 Å². The number of anilines is 2. The Morgan fingerprint density at radius 1 is 1.03 bits per heavy atom. The number of benzene rings is 2. The third kappa shape index (κ3) is 4.52. The van der Waals surface area contributed by atoms with Gasteiger partial charge in [0.25, 0.3) is 11.8 Å². The molecule has 0 unspecified atom stereocenters. The van der Waals surface area contributed by atoms with E-state index in [4.69, 9.17) is 5.73 Å². The van der Waals surface area contributed by atoms with Crippen molar-refractivity contribution >= 4 is 28.8 Å². The summed E-state index contributed by atoms with van der Waals surface area (Å²) >= 11 is 0. The fourth-order valence-corrected chi connectivity index (χ4v) is 4.57. The van der Waals surface area contributed by atoms with E-state index in [0.717, 1.165) is 55.2 Å². The van der Waals surface area contributed by atoms with E-state index in [0.29, 0.717) is 11.4 Å². The van der Waals surface area contributed by atoms with E-state index in [1.807, 2.05) is 49.4 Å². The predicted molar refractivity (Wildman–Crippen MR) is 140 cm³/mol. The monoisotopic (exact) mass is 483 g/mol. The number of likely N-dealkylation sites (N-methyl/N-ethyl adjacent to an activating group) is 1. The third-order valence-electron chi connectivity index (χ3n) is 6.68. The lowest BCUT2D eigenvalue weighted by Crippen LogP contribution is -2.46. The Morgan fingerprint density at radius 3 is 2.44 bits per heavy atom. The van der Waals surface area contributed by atoms with Crippen LogP contribution in [-0.2, 0) is 0 Å². The molecule has 1 aliphatic rings. The molecule has 36 heavy (non-hydrogen) atoms. The number of carbonyl (C=O) groups excluding carboxylic acids is 2. The highest BCUT2D eigenvalue weighted by atomic mass is 16.2. The molecular weight excluding hydrogens is 454 g/mol. The van der Waals surface area contributed by atoms with Crippen molar-refractivity contribution in [2.45, 2.75) is 13.8 Å². The second-order valence-corrected chi connectivity index (χ2v) is 8.92. The summed E-state index contributed by atoms with van der Waals surface area (Å²) in [5, 5.41) is 3.02. The number of carbonyl (C=O) groups is 2. The SMILES string of the molecule is CCN1CCN(c2ccc(NC(=O)c3cc(-c4ccccc4)nc4c(C(N)=O)ncn34)c(C)c2)CC1. The molecule has 1 fully saturated rings. The lowest BCUT2D eigenvalue weighted by molar-refractivity contribution is 0.0993. The van der Waals surface area contributed by atoms with Crippen LogP contribution in [0.4, 0.5) is 11.4 Å². The highest BCUT2D eigenvalue weighted by molar-refractivity contribution is 6.05. The third-order valence-corrected chi connectivity index (χ3v) is 6.68. The van der Waals surface area contributed by atoms with Gasteiger partial charge in [0, 0.05) is 43.1 Å². The van der Waals surface area contributed by atoms with E-state index in [1.165, 1.54) is 10.7 Å². The number of primary amides is 1. The van der Waals surface area contributed by atoms with Crippen LogP contribution in [0, 0.1) is 6.92 Å². The zero-order chi connectivity index (χ0) is 25.2.